The van der Waals surface area contributed by atoms with Crippen molar-refractivity contribution in [3.8, 4) is 0 Å². The minimum atomic E-state index is 0.170. The topological polar surface area (TPSA) is 32.3 Å². The Balaban J connectivity index is 2.27. The van der Waals surface area contributed by atoms with Crippen molar-refractivity contribution in [3.63, 3.8) is 0 Å². The van der Waals surface area contributed by atoms with Crippen molar-refractivity contribution < 1.29 is 4.79 Å². The maximum atomic E-state index is 12.7. The van der Waals surface area contributed by atoms with Gasteiger partial charge < -0.3 is 10.2 Å². The van der Waals surface area contributed by atoms with E-state index in [-0.39, 0.29) is 5.91 Å². The van der Waals surface area contributed by atoms with E-state index in [1.54, 1.807) is 0 Å². The number of carbonyl (C=O) groups excluding carboxylic acids is 1. The Kier molecular flexibility index (Phi) is 4.46. The average molecular weight is 260 g/mol. The molecule has 2 rings (SSSR count). The largest absolute Gasteiger partial charge is 0.385 e. The summed E-state index contributed by atoms with van der Waals surface area (Å²) in [6, 6.07) is 6.39. The number of nitrogens with zero attached hydrogens (tertiary/aromatic N) is 1. The zero-order chi connectivity index (χ0) is 13.8. The number of hydrogen-bond donors (Lipinski definition) is 1. The van der Waals surface area contributed by atoms with Crippen molar-refractivity contribution in [2.24, 2.45) is 0 Å². The Bertz CT molecular complexity index is 456. The van der Waals surface area contributed by atoms with Crippen molar-refractivity contribution >= 4 is 11.6 Å². The molecule has 3 nitrogen and oxygen atoms in total. The molecule has 1 heterocycles. The van der Waals surface area contributed by atoms with Gasteiger partial charge in [-0.05, 0) is 57.7 Å². The third-order valence-corrected chi connectivity index (χ3v) is 3.84. The van der Waals surface area contributed by atoms with Crippen LogP contribution in [0.3, 0.4) is 0 Å². The van der Waals surface area contributed by atoms with Gasteiger partial charge in [0.25, 0.3) is 5.91 Å². The van der Waals surface area contributed by atoms with Crippen LogP contribution < -0.4 is 5.32 Å². The van der Waals surface area contributed by atoms with Gasteiger partial charge >= 0.3 is 0 Å². The Morgan fingerprint density at radius 1 is 1.42 bits per heavy atom. The van der Waals surface area contributed by atoms with Crippen molar-refractivity contribution in [2.75, 3.05) is 18.4 Å². The number of likely N-dealkylation sites (tertiary alicyclic amines) is 1. The fourth-order valence-electron chi connectivity index (χ4n) is 2.74. The monoisotopic (exact) mass is 260 g/mol. The summed E-state index contributed by atoms with van der Waals surface area (Å²) in [5.74, 6) is 0.170. The van der Waals surface area contributed by atoms with Gasteiger partial charge in [-0.3, -0.25) is 4.79 Å². The molecule has 1 unspecified atom stereocenters. The van der Waals surface area contributed by atoms with E-state index in [0.717, 1.165) is 37.2 Å². The Morgan fingerprint density at radius 3 is 2.89 bits per heavy atom. The maximum absolute atomic E-state index is 12.7. The van der Waals surface area contributed by atoms with E-state index < -0.39 is 0 Å². The number of amides is 1. The number of piperidine rings is 1. The summed E-state index contributed by atoms with van der Waals surface area (Å²) >= 11 is 0. The highest BCUT2D eigenvalue weighted by Crippen LogP contribution is 2.24. The zero-order valence-corrected chi connectivity index (χ0v) is 12.2. The van der Waals surface area contributed by atoms with Crippen LogP contribution in [0.1, 0.15) is 49.0 Å². The quantitative estimate of drug-likeness (QED) is 0.903. The lowest BCUT2D eigenvalue weighted by molar-refractivity contribution is 0.0636. The fraction of sp³-hybridized carbons (Fsp3) is 0.562. The molecule has 0 radical (unpaired) electrons. The highest BCUT2D eigenvalue weighted by Gasteiger charge is 2.25. The molecular weight excluding hydrogens is 236 g/mol. The first-order valence-corrected chi connectivity index (χ1v) is 7.29. The van der Waals surface area contributed by atoms with Gasteiger partial charge in [-0.2, -0.15) is 0 Å². The van der Waals surface area contributed by atoms with Gasteiger partial charge in [0.1, 0.15) is 0 Å². The molecular formula is C16H24N2O. The molecule has 1 aromatic rings. The van der Waals surface area contributed by atoms with Gasteiger partial charge in [0, 0.05) is 24.8 Å². The summed E-state index contributed by atoms with van der Waals surface area (Å²) < 4.78 is 0. The molecule has 3 heteroatoms. The second-order valence-corrected chi connectivity index (χ2v) is 5.42. The summed E-state index contributed by atoms with van der Waals surface area (Å²) in [5.41, 5.74) is 2.95. The van der Waals surface area contributed by atoms with E-state index in [1.807, 2.05) is 17.0 Å². The minimum absolute atomic E-state index is 0.170. The molecule has 104 valence electrons. The molecule has 1 amide bonds. The highest BCUT2D eigenvalue weighted by molar-refractivity contribution is 6.00. The van der Waals surface area contributed by atoms with E-state index in [9.17, 15) is 4.79 Å². The first-order valence-electron chi connectivity index (χ1n) is 7.29. The third kappa shape index (κ3) is 3.09. The smallest absolute Gasteiger partial charge is 0.256 e. The van der Waals surface area contributed by atoms with Crippen molar-refractivity contribution in [2.45, 2.75) is 46.1 Å². The van der Waals surface area contributed by atoms with E-state index in [1.165, 1.54) is 12.0 Å². The van der Waals surface area contributed by atoms with Crippen LogP contribution in [-0.2, 0) is 0 Å². The minimum Gasteiger partial charge on any atom is -0.385 e. The van der Waals surface area contributed by atoms with E-state index in [4.69, 9.17) is 0 Å². The number of benzene rings is 1. The summed E-state index contributed by atoms with van der Waals surface area (Å²) in [6.07, 6.45) is 3.48. The Morgan fingerprint density at radius 2 is 2.21 bits per heavy atom. The van der Waals surface area contributed by atoms with Gasteiger partial charge in [-0.1, -0.05) is 6.07 Å². The standard InChI is InChI=1S/C16H24N2O/c1-4-17-15-11-12(2)8-9-14(15)16(19)18-10-6-5-7-13(18)3/h8-9,11,13,17H,4-7,10H2,1-3H3. The predicted octanol–water partition coefficient (Wildman–Crippen LogP) is 3.44. The number of anilines is 1. The van der Waals surface area contributed by atoms with E-state index >= 15 is 0 Å². The number of hydrogen-bond acceptors (Lipinski definition) is 2. The van der Waals surface area contributed by atoms with Crippen LogP contribution in [0, 0.1) is 6.92 Å². The maximum Gasteiger partial charge on any atom is 0.256 e. The first-order chi connectivity index (χ1) is 9.13. The second-order valence-electron chi connectivity index (χ2n) is 5.42. The van der Waals surface area contributed by atoms with Crippen LogP contribution in [0.5, 0.6) is 0 Å². The Hall–Kier alpha value is -1.51. The molecule has 0 aliphatic carbocycles. The molecule has 1 N–H and O–H groups in total. The molecule has 1 atom stereocenters. The van der Waals surface area contributed by atoms with Gasteiger partial charge in [0.05, 0.1) is 5.56 Å². The molecule has 1 fully saturated rings. The van der Waals surface area contributed by atoms with Gasteiger partial charge in [0.15, 0.2) is 0 Å². The lowest BCUT2D eigenvalue weighted by Crippen LogP contribution is -2.42. The normalized spacial score (nSPS) is 19.3. The number of aryl methyl sites for hydroxylation is 1. The number of rotatable bonds is 3. The van der Waals surface area contributed by atoms with Crippen LogP contribution in [-0.4, -0.2) is 29.9 Å². The van der Waals surface area contributed by atoms with Crippen LogP contribution in [0.15, 0.2) is 18.2 Å². The van der Waals surface area contributed by atoms with Crippen LogP contribution >= 0.6 is 0 Å². The first kappa shape index (κ1) is 13.9. The third-order valence-electron chi connectivity index (χ3n) is 3.84. The van der Waals surface area contributed by atoms with E-state index in [0.29, 0.717) is 6.04 Å². The molecule has 0 spiro atoms. The lowest BCUT2D eigenvalue weighted by Gasteiger charge is -2.34. The Labute approximate surface area is 116 Å². The summed E-state index contributed by atoms with van der Waals surface area (Å²) in [7, 11) is 0. The van der Waals surface area contributed by atoms with Crippen LogP contribution in [0.2, 0.25) is 0 Å². The molecule has 19 heavy (non-hydrogen) atoms. The summed E-state index contributed by atoms with van der Waals surface area (Å²) in [5, 5.41) is 3.30. The molecule has 1 saturated heterocycles. The number of carbonyl (C=O) groups is 1. The van der Waals surface area contributed by atoms with E-state index in [2.05, 4.69) is 32.2 Å². The second kappa shape index (κ2) is 6.09. The SMILES string of the molecule is CCNc1cc(C)ccc1C(=O)N1CCCCC1C. The van der Waals surface area contributed by atoms with Gasteiger partial charge in [0.2, 0.25) is 0 Å². The number of nitrogens with one attached hydrogen (secondary N) is 1. The molecule has 1 aliphatic rings. The predicted molar refractivity (Wildman–Crippen MR) is 79.7 cm³/mol. The lowest BCUT2D eigenvalue weighted by atomic mass is 10.0. The molecule has 0 aromatic heterocycles. The van der Waals surface area contributed by atoms with Crippen molar-refractivity contribution in [3.05, 3.63) is 29.3 Å². The highest BCUT2D eigenvalue weighted by atomic mass is 16.2. The van der Waals surface area contributed by atoms with Crippen LogP contribution in [0.4, 0.5) is 5.69 Å². The molecule has 0 bridgehead atoms. The summed E-state index contributed by atoms with van der Waals surface area (Å²) in [4.78, 5) is 14.7. The molecule has 1 aliphatic heterocycles. The zero-order valence-electron chi connectivity index (χ0n) is 12.2. The van der Waals surface area contributed by atoms with Gasteiger partial charge in [-0.25, -0.2) is 0 Å². The van der Waals surface area contributed by atoms with Crippen LogP contribution in [0.25, 0.3) is 0 Å². The average Bonchev–Trinajstić information content (AvgIpc) is 2.39. The molecule has 0 saturated carbocycles. The fourth-order valence-corrected chi connectivity index (χ4v) is 2.74. The van der Waals surface area contributed by atoms with Gasteiger partial charge in [-0.15, -0.1) is 0 Å². The summed E-state index contributed by atoms with van der Waals surface area (Å²) in [6.45, 7) is 7.98. The molecule has 1 aromatic carbocycles. The van der Waals surface area contributed by atoms with Crippen molar-refractivity contribution in [1.82, 2.24) is 4.90 Å². The van der Waals surface area contributed by atoms with Crippen molar-refractivity contribution in [1.29, 1.82) is 0 Å².